The molecule has 3 aromatic rings. The van der Waals surface area contributed by atoms with Crippen molar-refractivity contribution in [2.24, 2.45) is 5.10 Å². The minimum absolute atomic E-state index is 0.494. The largest absolute Gasteiger partial charge is 0.487 e. The van der Waals surface area contributed by atoms with Gasteiger partial charge >= 0.3 is 0 Å². The number of hydrazone groups is 1. The second-order valence-electron chi connectivity index (χ2n) is 5.46. The highest BCUT2D eigenvalue weighted by atomic mass is 79.9. The van der Waals surface area contributed by atoms with Crippen LogP contribution < -0.4 is 10.2 Å². The summed E-state index contributed by atoms with van der Waals surface area (Å²) in [5, 5.41) is 4.26. The Hall–Kier alpha value is -1.63. The molecule has 0 atom stereocenters. The molecule has 3 nitrogen and oxygen atoms in total. The lowest BCUT2D eigenvalue weighted by Crippen LogP contribution is -1.98. The lowest BCUT2D eigenvalue weighted by atomic mass is 10.2. The van der Waals surface area contributed by atoms with Gasteiger partial charge in [0.2, 0.25) is 0 Å². The van der Waals surface area contributed by atoms with Crippen molar-refractivity contribution in [2.75, 3.05) is 5.43 Å². The first-order chi connectivity index (χ1) is 12.6. The maximum atomic E-state index is 5.95. The smallest absolute Gasteiger partial charge is 0.148 e. The van der Waals surface area contributed by atoms with Crippen molar-refractivity contribution in [3.63, 3.8) is 0 Å². The zero-order valence-corrected chi connectivity index (χ0v) is 18.4. The summed E-state index contributed by atoms with van der Waals surface area (Å²) in [6.07, 6.45) is 1.76. The second kappa shape index (κ2) is 9.35. The molecule has 0 aliphatic heterocycles. The summed E-state index contributed by atoms with van der Waals surface area (Å²) in [4.78, 5) is 0. The minimum Gasteiger partial charge on any atom is -0.487 e. The first-order valence-electron chi connectivity index (χ1n) is 7.82. The Kier molecular flexibility index (Phi) is 6.88. The van der Waals surface area contributed by atoms with Crippen LogP contribution in [0.15, 0.2) is 85.2 Å². The highest BCUT2D eigenvalue weighted by Crippen LogP contribution is 2.35. The van der Waals surface area contributed by atoms with Gasteiger partial charge in [0.15, 0.2) is 0 Å². The van der Waals surface area contributed by atoms with E-state index in [9.17, 15) is 0 Å². The Morgan fingerprint density at radius 1 is 0.885 bits per heavy atom. The molecular formula is C20H15Br3N2O. The van der Waals surface area contributed by atoms with Crippen LogP contribution in [0.5, 0.6) is 5.75 Å². The number of rotatable bonds is 6. The first kappa shape index (κ1) is 19.1. The molecule has 132 valence electrons. The first-order valence-corrected chi connectivity index (χ1v) is 10.2. The zero-order valence-electron chi connectivity index (χ0n) is 13.6. The number of anilines is 1. The molecule has 0 amide bonds. The molecule has 0 radical (unpaired) electrons. The summed E-state index contributed by atoms with van der Waals surface area (Å²) in [6, 6.07) is 21.8. The van der Waals surface area contributed by atoms with Gasteiger partial charge in [-0.3, -0.25) is 5.43 Å². The Labute approximate surface area is 177 Å². The quantitative estimate of drug-likeness (QED) is 0.271. The normalized spacial score (nSPS) is 10.9. The van der Waals surface area contributed by atoms with Crippen LogP contribution in [0.1, 0.15) is 11.1 Å². The maximum Gasteiger partial charge on any atom is 0.148 e. The maximum absolute atomic E-state index is 5.95. The van der Waals surface area contributed by atoms with Crippen molar-refractivity contribution in [1.29, 1.82) is 0 Å². The standard InChI is InChI=1S/C20H15Br3N2O/c21-16-8-6-14(7-9-16)13-26-20-18(22)10-15(11-19(20)23)12-24-25-17-4-2-1-3-5-17/h1-12,25H,13H2/b24-12-. The van der Waals surface area contributed by atoms with E-state index in [1.807, 2.05) is 66.7 Å². The fourth-order valence-electron chi connectivity index (χ4n) is 2.22. The third-order valence-corrected chi connectivity index (χ3v) is 5.20. The molecule has 0 saturated heterocycles. The molecule has 0 aromatic heterocycles. The zero-order chi connectivity index (χ0) is 18.4. The van der Waals surface area contributed by atoms with Gasteiger partial charge in [0, 0.05) is 4.47 Å². The number of para-hydroxylation sites is 1. The van der Waals surface area contributed by atoms with Crippen molar-refractivity contribution in [2.45, 2.75) is 6.61 Å². The minimum atomic E-state index is 0.494. The number of ether oxygens (including phenoxy) is 1. The molecule has 0 unspecified atom stereocenters. The number of hydrogen-bond acceptors (Lipinski definition) is 3. The monoisotopic (exact) mass is 536 g/mol. The van der Waals surface area contributed by atoms with Gasteiger partial charge in [-0.2, -0.15) is 5.10 Å². The number of benzene rings is 3. The van der Waals surface area contributed by atoms with Gasteiger partial charge in [0.1, 0.15) is 12.4 Å². The highest BCUT2D eigenvalue weighted by Gasteiger charge is 2.09. The number of halogens is 3. The van der Waals surface area contributed by atoms with Crippen LogP contribution in [-0.4, -0.2) is 6.21 Å². The van der Waals surface area contributed by atoms with Gasteiger partial charge in [-0.25, -0.2) is 0 Å². The molecule has 0 fully saturated rings. The third-order valence-electron chi connectivity index (χ3n) is 3.50. The van der Waals surface area contributed by atoms with E-state index in [0.29, 0.717) is 6.61 Å². The summed E-state index contributed by atoms with van der Waals surface area (Å²) in [5.41, 5.74) is 5.99. The van der Waals surface area contributed by atoms with E-state index in [1.54, 1.807) is 6.21 Å². The Morgan fingerprint density at radius 3 is 2.19 bits per heavy atom. The topological polar surface area (TPSA) is 33.6 Å². The molecule has 0 aliphatic carbocycles. The van der Waals surface area contributed by atoms with E-state index >= 15 is 0 Å². The molecule has 3 rings (SSSR count). The molecule has 3 aromatic carbocycles. The summed E-state index contributed by atoms with van der Waals surface area (Å²) in [7, 11) is 0. The molecule has 0 heterocycles. The van der Waals surface area contributed by atoms with E-state index in [4.69, 9.17) is 4.74 Å². The predicted molar refractivity (Wildman–Crippen MR) is 118 cm³/mol. The van der Waals surface area contributed by atoms with Crippen LogP contribution >= 0.6 is 47.8 Å². The fourth-order valence-corrected chi connectivity index (χ4v) is 3.94. The summed E-state index contributed by atoms with van der Waals surface area (Å²) >= 11 is 10.6. The third kappa shape index (κ3) is 5.43. The van der Waals surface area contributed by atoms with Crippen LogP contribution in [0.2, 0.25) is 0 Å². The Morgan fingerprint density at radius 2 is 1.54 bits per heavy atom. The van der Waals surface area contributed by atoms with Crippen LogP contribution in [-0.2, 0) is 6.61 Å². The molecule has 0 spiro atoms. The summed E-state index contributed by atoms with van der Waals surface area (Å²) < 4.78 is 8.74. The highest BCUT2D eigenvalue weighted by molar-refractivity contribution is 9.11. The Bertz CT molecular complexity index is 874. The van der Waals surface area contributed by atoms with Gasteiger partial charge in [-0.05, 0) is 79.4 Å². The van der Waals surface area contributed by atoms with Crippen LogP contribution in [0, 0.1) is 0 Å². The van der Waals surface area contributed by atoms with Crippen molar-refractivity contribution in [3.05, 3.63) is 91.3 Å². The fraction of sp³-hybridized carbons (Fsp3) is 0.0500. The van der Waals surface area contributed by atoms with Crippen LogP contribution in [0.25, 0.3) is 0 Å². The number of hydrogen-bond donors (Lipinski definition) is 1. The number of nitrogens with one attached hydrogen (secondary N) is 1. The molecule has 26 heavy (non-hydrogen) atoms. The van der Waals surface area contributed by atoms with Crippen molar-refractivity contribution in [3.8, 4) is 5.75 Å². The van der Waals surface area contributed by atoms with Crippen molar-refractivity contribution in [1.82, 2.24) is 0 Å². The summed E-state index contributed by atoms with van der Waals surface area (Å²) in [6.45, 7) is 0.494. The number of nitrogens with zero attached hydrogens (tertiary/aromatic N) is 1. The van der Waals surface area contributed by atoms with E-state index in [0.717, 1.165) is 36.0 Å². The second-order valence-corrected chi connectivity index (χ2v) is 8.09. The van der Waals surface area contributed by atoms with Gasteiger partial charge in [-0.15, -0.1) is 0 Å². The van der Waals surface area contributed by atoms with Gasteiger partial charge in [0.05, 0.1) is 20.8 Å². The molecule has 0 saturated carbocycles. The molecule has 0 bridgehead atoms. The van der Waals surface area contributed by atoms with Crippen molar-refractivity contribution < 1.29 is 4.74 Å². The van der Waals surface area contributed by atoms with Gasteiger partial charge < -0.3 is 4.74 Å². The summed E-state index contributed by atoms with van der Waals surface area (Å²) in [5.74, 6) is 0.765. The lowest BCUT2D eigenvalue weighted by Gasteiger charge is -2.11. The molecular weight excluding hydrogens is 524 g/mol. The van der Waals surface area contributed by atoms with E-state index in [1.165, 1.54) is 0 Å². The SMILES string of the molecule is Brc1ccc(COc2c(Br)cc(/C=N\Nc3ccccc3)cc2Br)cc1. The van der Waals surface area contributed by atoms with Crippen LogP contribution in [0.3, 0.4) is 0 Å². The van der Waals surface area contributed by atoms with E-state index in [2.05, 4.69) is 58.3 Å². The molecule has 1 N–H and O–H groups in total. The van der Waals surface area contributed by atoms with E-state index < -0.39 is 0 Å². The average molecular weight is 539 g/mol. The lowest BCUT2D eigenvalue weighted by molar-refractivity contribution is 0.302. The average Bonchev–Trinajstić information content (AvgIpc) is 2.63. The van der Waals surface area contributed by atoms with Crippen LogP contribution in [0.4, 0.5) is 5.69 Å². The van der Waals surface area contributed by atoms with Gasteiger partial charge in [-0.1, -0.05) is 46.3 Å². The molecule has 6 heteroatoms. The van der Waals surface area contributed by atoms with E-state index in [-0.39, 0.29) is 0 Å². The predicted octanol–water partition coefficient (Wildman–Crippen LogP) is 7.00. The Balaban J connectivity index is 1.66. The van der Waals surface area contributed by atoms with Crippen molar-refractivity contribution >= 4 is 59.7 Å². The molecule has 0 aliphatic rings. The van der Waals surface area contributed by atoms with Gasteiger partial charge in [0.25, 0.3) is 0 Å².